The Hall–Kier alpha value is -2.51. The molecule has 0 saturated heterocycles. The minimum Gasteiger partial charge on any atom is -0.338 e. The molecule has 1 aromatic carbocycles. The predicted octanol–water partition coefficient (Wildman–Crippen LogP) is 3.71. The van der Waals surface area contributed by atoms with Gasteiger partial charge in [-0.25, -0.2) is 4.79 Å². The van der Waals surface area contributed by atoms with Gasteiger partial charge in [0.15, 0.2) is 5.69 Å². The number of benzene rings is 1. The number of aromatic nitrogens is 2. The summed E-state index contributed by atoms with van der Waals surface area (Å²) >= 11 is 0. The van der Waals surface area contributed by atoms with Crippen LogP contribution in [-0.2, 0) is 19.1 Å². The van der Waals surface area contributed by atoms with Crippen molar-refractivity contribution in [2.45, 2.75) is 44.3 Å². The van der Waals surface area contributed by atoms with E-state index in [4.69, 9.17) is 0 Å². The van der Waals surface area contributed by atoms with Crippen LogP contribution in [0.2, 0.25) is 0 Å². The minimum absolute atomic E-state index is 0.153. The van der Waals surface area contributed by atoms with Crippen LogP contribution in [0.4, 0.5) is 18.0 Å². The third-order valence-electron chi connectivity index (χ3n) is 4.48. The average Bonchev–Trinajstić information content (AvgIpc) is 3.38. The number of hydrogen-bond acceptors (Lipinski definition) is 2. The lowest BCUT2D eigenvalue weighted by molar-refractivity contribution is -0.141. The van der Waals surface area contributed by atoms with Crippen LogP contribution in [0.3, 0.4) is 0 Å². The topological polar surface area (TPSA) is 59.0 Å². The van der Waals surface area contributed by atoms with E-state index in [9.17, 15) is 18.0 Å². The van der Waals surface area contributed by atoms with Crippen LogP contribution in [-0.4, -0.2) is 28.9 Å². The molecule has 27 heavy (non-hydrogen) atoms. The zero-order chi connectivity index (χ0) is 19.3. The first-order valence-electron chi connectivity index (χ1n) is 9.14. The van der Waals surface area contributed by atoms with Gasteiger partial charge in [0.1, 0.15) is 0 Å². The number of aryl methyl sites for hydroxylation is 1. The van der Waals surface area contributed by atoms with Crippen LogP contribution in [0.25, 0.3) is 0 Å². The quantitative estimate of drug-likeness (QED) is 0.686. The van der Waals surface area contributed by atoms with Gasteiger partial charge in [0, 0.05) is 24.7 Å². The lowest BCUT2D eigenvalue weighted by Gasteiger charge is -2.10. The molecule has 0 bridgehead atoms. The SMILES string of the molecule is O=C(NCCCc1ccccc1)NCCn1nc(C(F)(F)F)cc1C1CC1. The molecule has 0 spiro atoms. The number of alkyl halides is 3. The average molecular weight is 380 g/mol. The highest BCUT2D eigenvalue weighted by Crippen LogP contribution is 2.42. The molecule has 1 aliphatic rings. The Kier molecular flexibility index (Phi) is 6.03. The number of carbonyl (C=O) groups is 1. The number of amides is 2. The van der Waals surface area contributed by atoms with Crippen molar-refractivity contribution in [3.05, 3.63) is 53.3 Å². The lowest BCUT2D eigenvalue weighted by atomic mass is 10.1. The van der Waals surface area contributed by atoms with E-state index in [0.717, 1.165) is 31.7 Å². The van der Waals surface area contributed by atoms with Crippen molar-refractivity contribution in [3.63, 3.8) is 0 Å². The van der Waals surface area contributed by atoms with E-state index >= 15 is 0 Å². The van der Waals surface area contributed by atoms with E-state index < -0.39 is 11.9 Å². The molecule has 0 aliphatic heterocycles. The van der Waals surface area contributed by atoms with E-state index in [0.29, 0.717) is 12.2 Å². The number of halogens is 3. The van der Waals surface area contributed by atoms with E-state index in [1.807, 2.05) is 30.3 Å². The van der Waals surface area contributed by atoms with Gasteiger partial charge in [-0.05, 0) is 37.3 Å². The Balaban J connectivity index is 1.39. The van der Waals surface area contributed by atoms with Crippen molar-refractivity contribution in [1.82, 2.24) is 20.4 Å². The number of urea groups is 1. The van der Waals surface area contributed by atoms with Crippen molar-refractivity contribution in [3.8, 4) is 0 Å². The number of rotatable bonds is 8. The van der Waals surface area contributed by atoms with Crippen LogP contribution in [0, 0.1) is 0 Å². The van der Waals surface area contributed by atoms with Crippen LogP contribution in [0.1, 0.15) is 42.1 Å². The summed E-state index contributed by atoms with van der Waals surface area (Å²) in [7, 11) is 0. The highest BCUT2D eigenvalue weighted by atomic mass is 19.4. The van der Waals surface area contributed by atoms with Crippen molar-refractivity contribution in [2.75, 3.05) is 13.1 Å². The molecule has 0 unspecified atom stereocenters. The summed E-state index contributed by atoms with van der Waals surface area (Å²) in [5.41, 5.74) is 0.952. The Bertz CT molecular complexity index is 754. The number of nitrogens with one attached hydrogen (secondary N) is 2. The molecule has 2 N–H and O–H groups in total. The fourth-order valence-corrected chi connectivity index (χ4v) is 2.93. The molecule has 1 saturated carbocycles. The molecule has 5 nitrogen and oxygen atoms in total. The summed E-state index contributed by atoms with van der Waals surface area (Å²) in [5, 5.41) is 9.10. The maximum Gasteiger partial charge on any atom is 0.435 e. The number of nitrogens with zero attached hydrogens (tertiary/aromatic N) is 2. The molecule has 1 aromatic heterocycles. The summed E-state index contributed by atoms with van der Waals surface area (Å²) < 4.78 is 39.9. The van der Waals surface area contributed by atoms with Gasteiger partial charge in [-0.3, -0.25) is 4.68 Å². The first kappa shape index (κ1) is 19.3. The second kappa shape index (κ2) is 8.45. The second-order valence-electron chi connectivity index (χ2n) is 6.72. The number of carbonyl (C=O) groups excluding carboxylic acids is 1. The lowest BCUT2D eigenvalue weighted by Crippen LogP contribution is -2.38. The third-order valence-corrected chi connectivity index (χ3v) is 4.48. The first-order chi connectivity index (χ1) is 12.9. The van der Waals surface area contributed by atoms with Crippen molar-refractivity contribution in [1.29, 1.82) is 0 Å². The highest BCUT2D eigenvalue weighted by Gasteiger charge is 2.37. The van der Waals surface area contributed by atoms with Crippen LogP contribution in [0.5, 0.6) is 0 Å². The Labute approximate surface area is 155 Å². The van der Waals surface area contributed by atoms with Crippen molar-refractivity contribution in [2.24, 2.45) is 0 Å². The standard InChI is InChI=1S/C19H23F3N4O/c20-19(21,22)17-13-16(15-8-9-15)26(25-17)12-11-24-18(27)23-10-4-7-14-5-2-1-3-6-14/h1-3,5-6,13,15H,4,7-12H2,(H2,23,24,27). The molecule has 1 heterocycles. The zero-order valence-corrected chi connectivity index (χ0v) is 14.9. The van der Waals surface area contributed by atoms with Crippen molar-refractivity contribution >= 4 is 6.03 Å². The Morgan fingerprint density at radius 3 is 2.52 bits per heavy atom. The normalized spacial score (nSPS) is 14.2. The molecule has 1 aliphatic carbocycles. The highest BCUT2D eigenvalue weighted by molar-refractivity contribution is 5.73. The molecule has 3 rings (SSSR count). The molecule has 0 radical (unpaired) electrons. The Morgan fingerprint density at radius 1 is 1.15 bits per heavy atom. The summed E-state index contributed by atoms with van der Waals surface area (Å²) in [6.07, 6.45) is -0.980. The molecule has 2 amide bonds. The van der Waals surface area contributed by atoms with Gasteiger partial charge in [0.2, 0.25) is 0 Å². The monoisotopic (exact) mass is 380 g/mol. The fraction of sp³-hybridized carbons (Fsp3) is 0.474. The molecule has 8 heteroatoms. The minimum atomic E-state index is -4.45. The van der Waals surface area contributed by atoms with Crippen LogP contribution >= 0.6 is 0 Å². The molecule has 0 atom stereocenters. The van der Waals surface area contributed by atoms with Gasteiger partial charge in [-0.15, -0.1) is 0 Å². The van der Waals surface area contributed by atoms with Gasteiger partial charge in [-0.1, -0.05) is 30.3 Å². The van der Waals surface area contributed by atoms with Crippen LogP contribution in [0.15, 0.2) is 36.4 Å². The Morgan fingerprint density at radius 2 is 1.85 bits per heavy atom. The summed E-state index contributed by atoms with van der Waals surface area (Å²) in [5.74, 6) is 0.153. The largest absolute Gasteiger partial charge is 0.435 e. The molecular formula is C19H23F3N4O. The van der Waals surface area contributed by atoms with Crippen LogP contribution < -0.4 is 10.6 Å². The smallest absolute Gasteiger partial charge is 0.338 e. The summed E-state index contributed by atoms with van der Waals surface area (Å²) in [6.45, 7) is 0.983. The van der Waals surface area contributed by atoms with Gasteiger partial charge in [0.25, 0.3) is 0 Å². The first-order valence-corrected chi connectivity index (χ1v) is 9.14. The van der Waals surface area contributed by atoms with E-state index in [1.165, 1.54) is 10.2 Å². The summed E-state index contributed by atoms with van der Waals surface area (Å²) in [6, 6.07) is 10.8. The van der Waals surface area contributed by atoms with Gasteiger partial charge in [-0.2, -0.15) is 18.3 Å². The fourth-order valence-electron chi connectivity index (χ4n) is 2.93. The number of hydrogen-bond donors (Lipinski definition) is 2. The van der Waals surface area contributed by atoms with E-state index in [2.05, 4.69) is 15.7 Å². The predicted molar refractivity (Wildman–Crippen MR) is 95.4 cm³/mol. The third kappa shape index (κ3) is 5.74. The van der Waals surface area contributed by atoms with Crippen molar-refractivity contribution < 1.29 is 18.0 Å². The summed E-state index contributed by atoms with van der Waals surface area (Å²) in [4.78, 5) is 11.8. The molecular weight excluding hydrogens is 357 g/mol. The second-order valence-corrected chi connectivity index (χ2v) is 6.72. The van der Waals surface area contributed by atoms with E-state index in [1.54, 1.807) is 0 Å². The molecule has 1 fully saturated rings. The van der Waals surface area contributed by atoms with Gasteiger partial charge in [0.05, 0.1) is 6.54 Å². The maximum atomic E-state index is 12.9. The van der Waals surface area contributed by atoms with Gasteiger partial charge < -0.3 is 10.6 Å². The zero-order valence-electron chi connectivity index (χ0n) is 14.9. The maximum absolute atomic E-state index is 12.9. The van der Waals surface area contributed by atoms with E-state index in [-0.39, 0.29) is 25.0 Å². The van der Waals surface area contributed by atoms with Gasteiger partial charge >= 0.3 is 12.2 Å². The molecule has 2 aromatic rings. The molecule has 146 valence electrons.